The molecule has 0 spiro atoms. The second kappa shape index (κ2) is 4.57. The summed E-state index contributed by atoms with van der Waals surface area (Å²) >= 11 is 0. The van der Waals surface area contributed by atoms with Crippen LogP contribution in [0.25, 0.3) is 0 Å². The molecule has 1 N–H and O–H groups in total. The zero-order chi connectivity index (χ0) is 14.5. The minimum Gasteiger partial charge on any atom is -0.389 e. The van der Waals surface area contributed by atoms with E-state index in [9.17, 15) is 13.5 Å². The van der Waals surface area contributed by atoms with Crippen molar-refractivity contribution in [3.63, 3.8) is 0 Å². The smallest absolute Gasteiger partial charge is 0.156 e. The van der Waals surface area contributed by atoms with Gasteiger partial charge in [-0.25, -0.2) is 8.42 Å². The number of hydrogen-bond acceptors (Lipinski definition) is 3. The minimum atomic E-state index is -2.97. The number of rotatable bonds is 2. The lowest BCUT2D eigenvalue weighted by atomic mass is 9.86. The first-order valence-corrected chi connectivity index (χ1v) is 8.92. The average Bonchev–Trinajstić information content (AvgIpc) is 2.47. The molecule has 2 unspecified atom stereocenters. The molecule has 110 valence electrons. The van der Waals surface area contributed by atoms with Crippen LogP contribution in [-0.4, -0.2) is 29.6 Å². The van der Waals surface area contributed by atoms with E-state index in [0.717, 1.165) is 18.4 Å². The molecule has 2 fully saturated rings. The van der Waals surface area contributed by atoms with Crippen LogP contribution in [0.5, 0.6) is 0 Å². The van der Waals surface area contributed by atoms with E-state index >= 15 is 0 Å². The molecule has 3 nitrogen and oxygen atoms in total. The van der Waals surface area contributed by atoms with Gasteiger partial charge in [0.15, 0.2) is 9.84 Å². The molecule has 1 aromatic rings. The molecule has 2 aliphatic heterocycles. The van der Waals surface area contributed by atoms with E-state index < -0.39 is 15.4 Å². The highest BCUT2D eigenvalue weighted by molar-refractivity contribution is 7.93. The standard InChI is InChI=1S/C16H22O3S/c1-11-5-12(2)7-13(6-11)8-16(17)9-14-3-4-15(10-16)20(14,18)19/h5-7,14-15,17H,3-4,8-10H2,1-2H3. The van der Waals surface area contributed by atoms with Gasteiger partial charge in [-0.2, -0.15) is 0 Å². The van der Waals surface area contributed by atoms with Crippen LogP contribution < -0.4 is 0 Å². The Hall–Kier alpha value is -0.870. The van der Waals surface area contributed by atoms with Crippen LogP contribution in [0.3, 0.4) is 0 Å². The summed E-state index contributed by atoms with van der Waals surface area (Å²) in [5.41, 5.74) is 2.64. The van der Waals surface area contributed by atoms with Gasteiger partial charge in [0.25, 0.3) is 0 Å². The lowest BCUT2D eigenvalue weighted by molar-refractivity contribution is 0.0219. The Morgan fingerprint density at radius 2 is 1.60 bits per heavy atom. The van der Waals surface area contributed by atoms with Gasteiger partial charge in [0.1, 0.15) is 0 Å². The molecule has 0 aromatic heterocycles. The van der Waals surface area contributed by atoms with Crippen molar-refractivity contribution in [1.29, 1.82) is 0 Å². The van der Waals surface area contributed by atoms with E-state index in [-0.39, 0.29) is 10.5 Å². The summed E-state index contributed by atoms with van der Waals surface area (Å²) in [6.07, 6.45) is 2.82. The number of aliphatic hydroxyl groups is 1. The Labute approximate surface area is 120 Å². The number of benzene rings is 1. The van der Waals surface area contributed by atoms with Crippen LogP contribution in [0.1, 0.15) is 42.4 Å². The summed E-state index contributed by atoms with van der Waals surface area (Å²) in [5, 5.41) is 10.2. The van der Waals surface area contributed by atoms with Crippen molar-refractivity contribution in [2.24, 2.45) is 0 Å². The highest BCUT2D eigenvalue weighted by Gasteiger charge is 2.52. The minimum absolute atomic E-state index is 0.322. The third-order valence-corrected chi connectivity index (χ3v) is 7.43. The molecule has 2 heterocycles. The fraction of sp³-hybridized carbons (Fsp3) is 0.625. The van der Waals surface area contributed by atoms with Crippen LogP contribution in [0.4, 0.5) is 0 Å². The van der Waals surface area contributed by atoms with Gasteiger partial charge in [0, 0.05) is 6.42 Å². The van der Waals surface area contributed by atoms with Gasteiger partial charge in [0.05, 0.1) is 16.1 Å². The molecule has 2 aliphatic rings. The Morgan fingerprint density at radius 3 is 2.10 bits per heavy atom. The van der Waals surface area contributed by atoms with Gasteiger partial charge in [-0.1, -0.05) is 29.3 Å². The first kappa shape index (κ1) is 14.1. The summed E-state index contributed by atoms with van der Waals surface area (Å²) in [6.45, 7) is 4.10. The van der Waals surface area contributed by atoms with Crippen molar-refractivity contribution in [2.45, 2.75) is 62.1 Å². The van der Waals surface area contributed by atoms with Crippen molar-refractivity contribution < 1.29 is 13.5 Å². The zero-order valence-electron chi connectivity index (χ0n) is 12.1. The second-order valence-electron chi connectivity index (χ2n) is 6.72. The van der Waals surface area contributed by atoms with E-state index in [2.05, 4.69) is 32.0 Å². The Morgan fingerprint density at radius 1 is 1.10 bits per heavy atom. The van der Waals surface area contributed by atoms with Crippen LogP contribution >= 0.6 is 0 Å². The van der Waals surface area contributed by atoms with Crippen LogP contribution in [-0.2, 0) is 16.3 Å². The second-order valence-corrected chi connectivity index (χ2v) is 9.23. The molecular weight excluding hydrogens is 272 g/mol. The van der Waals surface area contributed by atoms with Gasteiger partial charge in [-0.15, -0.1) is 0 Å². The van der Waals surface area contributed by atoms with E-state index in [1.807, 2.05) is 0 Å². The number of hydrogen-bond donors (Lipinski definition) is 1. The molecule has 1 aromatic carbocycles. The zero-order valence-corrected chi connectivity index (χ0v) is 12.9. The maximum Gasteiger partial charge on any atom is 0.156 e. The van der Waals surface area contributed by atoms with Gasteiger partial charge >= 0.3 is 0 Å². The molecular formula is C16H22O3S. The number of fused-ring (bicyclic) bond motifs is 2. The molecule has 2 atom stereocenters. The Balaban J connectivity index is 1.84. The van der Waals surface area contributed by atoms with Crippen molar-refractivity contribution >= 4 is 9.84 Å². The number of aryl methyl sites for hydroxylation is 2. The Bertz CT molecular complexity index is 593. The predicted molar refractivity (Wildman–Crippen MR) is 79.5 cm³/mol. The lowest BCUT2D eigenvalue weighted by Gasteiger charge is -2.36. The molecule has 0 amide bonds. The molecule has 2 saturated heterocycles. The summed E-state index contributed by atoms with van der Waals surface area (Å²) in [7, 11) is -2.97. The third-order valence-electron chi connectivity index (χ3n) is 4.77. The summed E-state index contributed by atoms with van der Waals surface area (Å²) in [6, 6.07) is 6.30. The molecule has 0 aliphatic carbocycles. The van der Waals surface area contributed by atoms with Crippen LogP contribution in [0, 0.1) is 13.8 Å². The summed E-state index contributed by atoms with van der Waals surface area (Å²) < 4.78 is 24.2. The van der Waals surface area contributed by atoms with Crippen molar-refractivity contribution in [3.05, 3.63) is 34.9 Å². The van der Waals surface area contributed by atoms with Crippen LogP contribution in [0.2, 0.25) is 0 Å². The van der Waals surface area contributed by atoms with Crippen molar-refractivity contribution in [2.75, 3.05) is 0 Å². The van der Waals surface area contributed by atoms with E-state index in [1.54, 1.807) is 0 Å². The predicted octanol–water partition coefficient (Wildman–Crippen LogP) is 2.32. The quantitative estimate of drug-likeness (QED) is 0.910. The van der Waals surface area contributed by atoms with Crippen molar-refractivity contribution in [3.8, 4) is 0 Å². The van der Waals surface area contributed by atoms with Gasteiger partial charge < -0.3 is 5.11 Å². The SMILES string of the molecule is Cc1cc(C)cc(CC2(O)CC3CCC(C2)S3(=O)=O)c1. The molecule has 4 heteroatoms. The fourth-order valence-electron chi connectivity index (χ4n) is 4.04. The van der Waals surface area contributed by atoms with Gasteiger partial charge in [-0.05, 0) is 45.1 Å². The molecule has 0 saturated carbocycles. The maximum atomic E-state index is 12.1. The monoisotopic (exact) mass is 294 g/mol. The summed E-state index contributed by atoms with van der Waals surface area (Å²) in [5.74, 6) is 0. The first-order chi connectivity index (χ1) is 9.28. The van der Waals surface area contributed by atoms with E-state index in [4.69, 9.17) is 0 Å². The molecule has 20 heavy (non-hydrogen) atoms. The average molecular weight is 294 g/mol. The first-order valence-electron chi connectivity index (χ1n) is 7.31. The topological polar surface area (TPSA) is 54.4 Å². The van der Waals surface area contributed by atoms with Crippen LogP contribution in [0.15, 0.2) is 18.2 Å². The largest absolute Gasteiger partial charge is 0.389 e. The lowest BCUT2D eigenvalue weighted by Crippen LogP contribution is -2.46. The fourth-order valence-corrected chi connectivity index (χ4v) is 6.59. The molecule has 2 bridgehead atoms. The molecule has 3 rings (SSSR count). The summed E-state index contributed by atoms with van der Waals surface area (Å²) in [4.78, 5) is 0. The highest BCUT2D eigenvalue weighted by Crippen LogP contribution is 2.44. The van der Waals surface area contributed by atoms with E-state index in [0.29, 0.717) is 19.3 Å². The third kappa shape index (κ3) is 2.40. The maximum absolute atomic E-state index is 12.1. The highest BCUT2D eigenvalue weighted by atomic mass is 32.2. The van der Waals surface area contributed by atoms with Gasteiger partial charge in [-0.3, -0.25) is 0 Å². The molecule has 0 radical (unpaired) electrons. The van der Waals surface area contributed by atoms with Gasteiger partial charge in [0.2, 0.25) is 0 Å². The van der Waals surface area contributed by atoms with E-state index in [1.165, 1.54) is 11.1 Å². The number of sulfone groups is 1. The Kier molecular flexibility index (Phi) is 3.22. The van der Waals surface area contributed by atoms with Crippen molar-refractivity contribution in [1.82, 2.24) is 0 Å². The normalized spacial score (nSPS) is 35.1.